The first-order chi connectivity index (χ1) is 10.0. The van der Waals surface area contributed by atoms with Crippen LogP contribution in [0.4, 0.5) is 8.78 Å². The van der Waals surface area contributed by atoms with Crippen molar-refractivity contribution in [3.8, 4) is 5.75 Å². The summed E-state index contributed by atoms with van der Waals surface area (Å²) in [5.41, 5.74) is 3.52. The molecule has 112 valence electrons. The number of nitrogens with one attached hydrogen (secondary N) is 1. The topological polar surface area (TPSA) is 21.3 Å². The molecule has 0 saturated heterocycles. The Balaban J connectivity index is 2.16. The van der Waals surface area contributed by atoms with Crippen LogP contribution in [0.2, 0.25) is 0 Å². The summed E-state index contributed by atoms with van der Waals surface area (Å²) in [5, 5.41) is 3.10. The Bertz CT molecular complexity index is 618. The van der Waals surface area contributed by atoms with E-state index in [0.29, 0.717) is 5.56 Å². The van der Waals surface area contributed by atoms with Gasteiger partial charge in [-0.15, -0.1) is 0 Å². The second-order valence-corrected chi connectivity index (χ2v) is 5.11. The molecule has 21 heavy (non-hydrogen) atoms. The molecular formula is C17H19F2NO. The molecule has 0 atom stereocenters. The molecule has 0 aliphatic rings. The molecule has 4 heteroatoms. The van der Waals surface area contributed by atoms with Crippen LogP contribution in [0.25, 0.3) is 0 Å². The van der Waals surface area contributed by atoms with Crippen molar-refractivity contribution in [2.75, 3.05) is 7.05 Å². The normalized spacial score (nSPS) is 10.7. The average Bonchev–Trinajstić information content (AvgIpc) is 2.40. The Hall–Kier alpha value is -1.94. The molecule has 0 aliphatic carbocycles. The molecule has 0 radical (unpaired) electrons. The lowest BCUT2D eigenvalue weighted by molar-refractivity contribution is 0.295. The van der Waals surface area contributed by atoms with E-state index in [2.05, 4.69) is 5.32 Å². The third kappa shape index (κ3) is 3.79. The zero-order valence-corrected chi connectivity index (χ0v) is 12.5. The van der Waals surface area contributed by atoms with E-state index in [4.69, 9.17) is 4.74 Å². The lowest BCUT2D eigenvalue weighted by Crippen LogP contribution is -2.07. The number of hydrogen-bond donors (Lipinski definition) is 1. The third-order valence-corrected chi connectivity index (χ3v) is 3.29. The zero-order chi connectivity index (χ0) is 15.4. The van der Waals surface area contributed by atoms with Crippen LogP contribution in [0.1, 0.15) is 22.3 Å². The van der Waals surface area contributed by atoms with Crippen LogP contribution < -0.4 is 10.1 Å². The smallest absolute Gasteiger partial charge is 0.132 e. The molecule has 2 nitrogen and oxygen atoms in total. The molecule has 0 unspecified atom stereocenters. The van der Waals surface area contributed by atoms with Gasteiger partial charge in [-0.1, -0.05) is 12.1 Å². The highest BCUT2D eigenvalue weighted by atomic mass is 19.1. The molecule has 0 spiro atoms. The van der Waals surface area contributed by atoms with Gasteiger partial charge in [-0.2, -0.15) is 0 Å². The molecule has 0 aromatic heterocycles. The quantitative estimate of drug-likeness (QED) is 0.902. The Morgan fingerprint density at radius 1 is 1.05 bits per heavy atom. The molecule has 2 rings (SSSR count). The van der Waals surface area contributed by atoms with Crippen molar-refractivity contribution < 1.29 is 13.5 Å². The van der Waals surface area contributed by atoms with Crippen molar-refractivity contribution in [3.05, 3.63) is 64.2 Å². The maximum absolute atomic E-state index is 13.6. The predicted octanol–water partition coefficient (Wildman–Crippen LogP) is 3.88. The molecule has 2 aromatic rings. The summed E-state index contributed by atoms with van der Waals surface area (Å²) >= 11 is 0. The SMILES string of the molecule is CNCc1cc(C)c(OCc2ccc(F)cc2F)c(C)c1. The molecule has 0 bridgehead atoms. The lowest BCUT2D eigenvalue weighted by atomic mass is 10.1. The van der Waals surface area contributed by atoms with E-state index in [1.54, 1.807) is 0 Å². The fourth-order valence-electron chi connectivity index (χ4n) is 2.36. The average molecular weight is 291 g/mol. The summed E-state index contributed by atoms with van der Waals surface area (Å²) in [5.74, 6) is -0.421. The molecule has 2 aromatic carbocycles. The molecule has 1 N–H and O–H groups in total. The van der Waals surface area contributed by atoms with Crippen LogP contribution in [-0.2, 0) is 13.2 Å². The van der Waals surface area contributed by atoms with E-state index in [0.717, 1.165) is 29.5 Å². The summed E-state index contributed by atoms with van der Waals surface area (Å²) < 4.78 is 32.2. The predicted molar refractivity (Wildman–Crippen MR) is 79.4 cm³/mol. The number of rotatable bonds is 5. The summed E-state index contributed by atoms with van der Waals surface area (Å²) in [4.78, 5) is 0. The van der Waals surface area contributed by atoms with Crippen molar-refractivity contribution in [2.45, 2.75) is 27.0 Å². The van der Waals surface area contributed by atoms with Gasteiger partial charge < -0.3 is 10.1 Å². The van der Waals surface area contributed by atoms with Gasteiger partial charge in [-0.05, 0) is 49.7 Å². The minimum atomic E-state index is -0.586. The van der Waals surface area contributed by atoms with Gasteiger partial charge in [0.25, 0.3) is 0 Å². The highest BCUT2D eigenvalue weighted by molar-refractivity contribution is 5.43. The van der Waals surface area contributed by atoms with Gasteiger partial charge >= 0.3 is 0 Å². The van der Waals surface area contributed by atoms with Crippen LogP contribution in [-0.4, -0.2) is 7.05 Å². The van der Waals surface area contributed by atoms with E-state index in [1.165, 1.54) is 17.7 Å². The Morgan fingerprint density at radius 2 is 1.71 bits per heavy atom. The maximum Gasteiger partial charge on any atom is 0.132 e. The van der Waals surface area contributed by atoms with Crippen LogP contribution in [0, 0.1) is 25.5 Å². The van der Waals surface area contributed by atoms with Crippen LogP contribution >= 0.6 is 0 Å². The third-order valence-electron chi connectivity index (χ3n) is 3.29. The monoisotopic (exact) mass is 291 g/mol. The summed E-state index contributed by atoms with van der Waals surface area (Å²) in [7, 11) is 1.90. The zero-order valence-electron chi connectivity index (χ0n) is 12.5. The maximum atomic E-state index is 13.6. The Kier molecular flexibility index (Phi) is 4.91. The van der Waals surface area contributed by atoms with Gasteiger partial charge in [0.05, 0.1) is 0 Å². The Labute approximate surface area is 123 Å². The minimum Gasteiger partial charge on any atom is -0.488 e. The van der Waals surface area contributed by atoms with Gasteiger partial charge in [-0.25, -0.2) is 8.78 Å². The van der Waals surface area contributed by atoms with Crippen molar-refractivity contribution in [3.63, 3.8) is 0 Å². The van der Waals surface area contributed by atoms with Crippen LogP contribution in [0.5, 0.6) is 5.75 Å². The van der Waals surface area contributed by atoms with E-state index < -0.39 is 11.6 Å². The first-order valence-electron chi connectivity index (χ1n) is 6.82. The van der Waals surface area contributed by atoms with Gasteiger partial charge in [0, 0.05) is 18.2 Å². The molecule has 0 amide bonds. The van der Waals surface area contributed by atoms with Crippen molar-refractivity contribution in [1.29, 1.82) is 0 Å². The van der Waals surface area contributed by atoms with Gasteiger partial charge in [0.15, 0.2) is 0 Å². The standard InChI is InChI=1S/C17H19F2NO/c1-11-6-13(9-20-3)7-12(2)17(11)21-10-14-4-5-15(18)8-16(14)19/h4-8,20H,9-10H2,1-3H3. The summed E-state index contributed by atoms with van der Waals surface area (Å²) in [6.45, 7) is 4.79. The molecule has 0 fully saturated rings. The van der Waals surface area contributed by atoms with E-state index in [9.17, 15) is 8.78 Å². The number of benzene rings is 2. The summed E-state index contributed by atoms with van der Waals surface area (Å²) in [6, 6.07) is 7.59. The Morgan fingerprint density at radius 3 is 2.29 bits per heavy atom. The van der Waals surface area contributed by atoms with Crippen molar-refractivity contribution in [2.24, 2.45) is 0 Å². The van der Waals surface area contributed by atoms with Gasteiger partial charge in [0.2, 0.25) is 0 Å². The molecule has 0 saturated carbocycles. The number of hydrogen-bond acceptors (Lipinski definition) is 2. The fourth-order valence-corrected chi connectivity index (χ4v) is 2.36. The number of ether oxygens (including phenoxy) is 1. The number of halogens is 2. The van der Waals surface area contributed by atoms with Crippen molar-refractivity contribution >= 4 is 0 Å². The van der Waals surface area contributed by atoms with Crippen molar-refractivity contribution in [1.82, 2.24) is 5.32 Å². The number of aryl methyl sites for hydroxylation is 2. The fraction of sp³-hybridized carbons (Fsp3) is 0.294. The van der Waals surface area contributed by atoms with Crippen LogP contribution in [0.3, 0.4) is 0 Å². The van der Waals surface area contributed by atoms with Gasteiger partial charge in [-0.3, -0.25) is 0 Å². The second-order valence-electron chi connectivity index (χ2n) is 5.11. The van der Waals surface area contributed by atoms with E-state index in [-0.39, 0.29) is 6.61 Å². The van der Waals surface area contributed by atoms with Gasteiger partial charge in [0.1, 0.15) is 24.0 Å². The minimum absolute atomic E-state index is 0.0825. The van der Waals surface area contributed by atoms with E-state index in [1.807, 2.05) is 33.0 Å². The second kappa shape index (κ2) is 6.68. The lowest BCUT2D eigenvalue weighted by Gasteiger charge is -2.14. The molecule has 0 aliphatic heterocycles. The van der Waals surface area contributed by atoms with Crippen LogP contribution in [0.15, 0.2) is 30.3 Å². The molecule has 0 heterocycles. The molecular weight excluding hydrogens is 272 g/mol. The van der Waals surface area contributed by atoms with E-state index >= 15 is 0 Å². The highest BCUT2D eigenvalue weighted by Gasteiger charge is 2.09. The first kappa shape index (κ1) is 15.4. The highest BCUT2D eigenvalue weighted by Crippen LogP contribution is 2.26. The summed E-state index contributed by atoms with van der Waals surface area (Å²) in [6.07, 6.45) is 0. The largest absolute Gasteiger partial charge is 0.488 e. The first-order valence-corrected chi connectivity index (χ1v) is 6.82.